The van der Waals surface area contributed by atoms with Crippen LogP contribution in [0.3, 0.4) is 0 Å². The van der Waals surface area contributed by atoms with Gasteiger partial charge in [-0.2, -0.15) is 0 Å². The highest BCUT2D eigenvalue weighted by Crippen LogP contribution is 2.25. The molecule has 3 aromatic rings. The summed E-state index contributed by atoms with van der Waals surface area (Å²) >= 11 is 1.16. The number of hydrogen-bond acceptors (Lipinski definition) is 8. The van der Waals surface area contributed by atoms with E-state index >= 15 is 0 Å². The highest BCUT2D eigenvalue weighted by atomic mass is 32.1. The Morgan fingerprint density at radius 2 is 2.04 bits per heavy atom. The molecule has 0 spiro atoms. The number of rotatable bonds is 5. The Morgan fingerprint density at radius 1 is 1.29 bits per heavy atom. The third kappa shape index (κ3) is 3.13. The second-order valence-corrected chi connectivity index (χ2v) is 5.62. The molecule has 9 nitrogen and oxygen atoms in total. The number of carboxylic acids is 1. The molecule has 1 amide bonds. The van der Waals surface area contributed by atoms with E-state index in [0.29, 0.717) is 21.4 Å². The van der Waals surface area contributed by atoms with Gasteiger partial charge in [-0.3, -0.25) is 4.79 Å². The number of carbonyl (C=O) groups excluding carboxylic acids is 1. The van der Waals surface area contributed by atoms with E-state index in [9.17, 15) is 9.59 Å². The van der Waals surface area contributed by atoms with Crippen molar-refractivity contribution in [2.75, 3.05) is 0 Å². The molecule has 2 N–H and O–H groups in total. The summed E-state index contributed by atoms with van der Waals surface area (Å²) in [5, 5.41) is 12.1. The first-order chi connectivity index (χ1) is 11.6. The van der Waals surface area contributed by atoms with Crippen LogP contribution in [-0.2, 0) is 6.54 Å². The van der Waals surface area contributed by atoms with Gasteiger partial charge in [0, 0.05) is 12.4 Å². The van der Waals surface area contributed by atoms with E-state index in [4.69, 9.17) is 9.52 Å². The standard InChI is InChI=1S/C14H11N5O4S/c1-7-10(24-13(19-7)11-15-3-2-4-16-11)12(20)17-5-8-9(14(21)22)18-6-23-8/h2-4,6H,5H2,1H3,(H,17,20)(H,21,22). The van der Waals surface area contributed by atoms with Gasteiger partial charge in [0.2, 0.25) is 0 Å². The van der Waals surface area contributed by atoms with E-state index in [0.717, 1.165) is 17.7 Å². The van der Waals surface area contributed by atoms with Crippen molar-refractivity contribution < 1.29 is 19.1 Å². The molecule has 0 aliphatic heterocycles. The summed E-state index contributed by atoms with van der Waals surface area (Å²) < 4.78 is 4.98. The van der Waals surface area contributed by atoms with Crippen molar-refractivity contribution in [3.63, 3.8) is 0 Å². The van der Waals surface area contributed by atoms with Crippen molar-refractivity contribution in [2.24, 2.45) is 0 Å². The van der Waals surface area contributed by atoms with Crippen LogP contribution in [0.2, 0.25) is 0 Å². The van der Waals surface area contributed by atoms with Crippen LogP contribution in [-0.4, -0.2) is 36.9 Å². The minimum atomic E-state index is -1.22. The highest BCUT2D eigenvalue weighted by molar-refractivity contribution is 7.17. The fourth-order valence-corrected chi connectivity index (χ4v) is 2.85. The van der Waals surface area contributed by atoms with Crippen LogP contribution in [0.1, 0.15) is 31.6 Å². The summed E-state index contributed by atoms with van der Waals surface area (Å²) in [4.78, 5) is 39.7. The van der Waals surface area contributed by atoms with Crippen LogP contribution in [0.4, 0.5) is 0 Å². The Morgan fingerprint density at radius 3 is 2.75 bits per heavy atom. The molecule has 24 heavy (non-hydrogen) atoms. The van der Waals surface area contributed by atoms with Gasteiger partial charge in [-0.15, -0.1) is 11.3 Å². The molecule has 0 unspecified atom stereocenters. The number of aromatic carboxylic acids is 1. The number of aryl methyl sites for hydroxylation is 1. The summed E-state index contributed by atoms with van der Waals surface area (Å²) in [6.45, 7) is 1.62. The molecule has 3 heterocycles. The van der Waals surface area contributed by atoms with Gasteiger partial charge in [-0.25, -0.2) is 24.7 Å². The SMILES string of the molecule is Cc1nc(-c2ncccn2)sc1C(=O)NCc1ocnc1C(=O)O. The number of carbonyl (C=O) groups is 2. The van der Waals surface area contributed by atoms with Gasteiger partial charge in [0.1, 0.15) is 4.88 Å². The zero-order valence-electron chi connectivity index (χ0n) is 12.4. The number of carboxylic acid groups (broad SMARTS) is 1. The maximum Gasteiger partial charge on any atom is 0.358 e. The summed E-state index contributed by atoms with van der Waals surface area (Å²) in [5.41, 5.74) is 0.311. The van der Waals surface area contributed by atoms with E-state index in [1.807, 2.05) is 0 Å². The topological polar surface area (TPSA) is 131 Å². The lowest BCUT2D eigenvalue weighted by molar-refractivity contribution is 0.0687. The third-order valence-electron chi connectivity index (χ3n) is 3.01. The summed E-state index contributed by atoms with van der Waals surface area (Å²) in [7, 11) is 0. The van der Waals surface area contributed by atoms with Gasteiger partial charge in [0.25, 0.3) is 5.91 Å². The van der Waals surface area contributed by atoms with Crippen LogP contribution >= 0.6 is 11.3 Å². The first kappa shape index (κ1) is 15.7. The smallest absolute Gasteiger partial charge is 0.358 e. The van der Waals surface area contributed by atoms with Crippen LogP contribution in [0.5, 0.6) is 0 Å². The number of hydrogen-bond donors (Lipinski definition) is 2. The molecule has 0 atom stereocenters. The van der Waals surface area contributed by atoms with Gasteiger partial charge >= 0.3 is 5.97 Å². The Bertz CT molecular complexity index is 890. The zero-order valence-corrected chi connectivity index (χ0v) is 13.2. The number of nitrogens with one attached hydrogen (secondary N) is 1. The predicted molar refractivity (Wildman–Crippen MR) is 82.5 cm³/mol. The van der Waals surface area contributed by atoms with Crippen LogP contribution in [0, 0.1) is 6.92 Å². The Hall–Kier alpha value is -3.14. The summed E-state index contributed by atoms with van der Waals surface area (Å²) in [6, 6.07) is 1.69. The van der Waals surface area contributed by atoms with Crippen molar-refractivity contribution in [3.05, 3.63) is 46.9 Å². The highest BCUT2D eigenvalue weighted by Gasteiger charge is 2.20. The fourth-order valence-electron chi connectivity index (χ4n) is 1.92. The largest absolute Gasteiger partial charge is 0.476 e. The molecule has 0 saturated heterocycles. The first-order valence-corrected chi connectivity index (χ1v) is 7.56. The van der Waals surface area contributed by atoms with Gasteiger partial charge in [0.05, 0.1) is 12.2 Å². The van der Waals surface area contributed by atoms with E-state index < -0.39 is 5.97 Å². The average molecular weight is 345 g/mol. The summed E-state index contributed by atoms with van der Waals surface area (Å²) in [6.07, 6.45) is 4.21. The van der Waals surface area contributed by atoms with E-state index in [2.05, 4.69) is 25.3 Å². The van der Waals surface area contributed by atoms with Crippen molar-refractivity contribution in [2.45, 2.75) is 13.5 Å². The quantitative estimate of drug-likeness (QED) is 0.711. The fraction of sp³-hybridized carbons (Fsp3) is 0.143. The van der Waals surface area contributed by atoms with Gasteiger partial charge in [0.15, 0.2) is 28.7 Å². The number of nitrogens with zero attached hydrogens (tertiary/aromatic N) is 4. The van der Waals surface area contributed by atoms with Gasteiger partial charge < -0.3 is 14.8 Å². The van der Waals surface area contributed by atoms with E-state index in [1.54, 1.807) is 25.4 Å². The molecule has 3 aromatic heterocycles. The number of aromatic nitrogens is 4. The minimum Gasteiger partial charge on any atom is -0.476 e. The van der Waals surface area contributed by atoms with Crippen LogP contribution in [0.25, 0.3) is 10.8 Å². The van der Waals surface area contributed by atoms with Crippen molar-refractivity contribution in [3.8, 4) is 10.8 Å². The third-order valence-corrected chi connectivity index (χ3v) is 4.16. The number of oxazole rings is 1. The molecule has 0 radical (unpaired) electrons. The Kier molecular flexibility index (Phi) is 4.29. The molecular formula is C14H11N5O4S. The maximum atomic E-state index is 12.3. The second kappa shape index (κ2) is 6.54. The van der Waals surface area contributed by atoms with Crippen LogP contribution < -0.4 is 5.32 Å². The van der Waals surface area contributed by atoms with Gasteiger partial charge in [-0.1, -0.05) is 0 Å². The van der Waals surface area contributed by atoms with Crippen molar-refractivity contribution in [1.29, 1.82) is 0 Å². The monoisotopic (exact) mass is 345 g/mol. The number of thiazole rings is 1. The maximum absolute atomic E-state index is 12.3. The lowest BCUT2D eigenvalue weighted by atomic mass is 10.3. The molecule has 0 aromatic carbocycles. The molecular weight excluding hydrogens is 334 g/mol. The van der Waals surface area contributed by atoms with Crippen molar-refractivity contribution >= 4 is 23.2 Å². The first-order valence-electron chi connectivity index (χ1n) is 6.75. The zero-order chi connectivity index (χ0) is 17.1. The normalized spacial score (nSPS) is 10.5. The predicted octanol–water partition coefficient (Wildman–Crippen LogP) is 1.52. The van der Waals surface area contributed by atoms with E-state index in [-0.39, 0.29) is 23.9 Å². The molecule has 10 heteroatoms. The minimum absolute atomic E-state index is 0.0737. The molecule has 0 bridgehead atoms. The molecule has 0 saturated carbocycles. The Balaban J connectivity index is 1.75. The van der Waals surface area contributed by atoms with Crippen molar-refractivity contribution in [1.82, 2.24) is 25.3 Å². The lowest BCUT2D eigenvalue weighted by Gasteiger charge is -2.02. The van der Waals surface area contributed by atoms with Crippen LogP contribution in [0.15, 0.2) is 29.3 Å². The molecule has 122 valence electrons. The molecule has 0 fully saturated rings. The number of amides is 1. The summed E-state index contributed by atoms with van der Waals surface area (Å²) in [5.74, 6) is -1.09. The van der Waals surface area contributed by atoms with E-state index in [1.165, 1.54) is 0 Å². The second-order valence-electron chi connectivity index (χ2n) is 4.62. The Labute approximate surface area is 139 Å². The molecule has 0 aliphatic carbocycles. The lowest BCUT2D eigenvalue weighted by Crippen LogP contribution is -2.23. The molecule has 3 rings (SSSR count). The molecule has 0 aliphatic rings. The average Bonchev–Trinajstić information content (AvgIpc) is 3.20. The van der Waals surface area contributed by atoms with Gasteiger partial charge in [-0.05, 0) is 13.0 Å².